The molecule has 0 N–H and O–H groups in total. The highest BCUT2D eigenvalue weighted by atomic mass is 32.1. The maximum Gasteiger partial charge on any atom is 0.203 e. The van der Waals surface area contributed by atoms with Gasteiger partial charge in [-0.2, -0.15) is 0 Å². The summed E-state index contributed by atoms with van der Waals surface area (Å²) >= 11 is 3.19. The van der Waals surface area contributed by atoms with E-state index in [1.54, 1.807) is 29.5 Å². The smallest absolute Gasteiger partial charge is 0.203 e. The highest BCUT2D eigenvalue weighted by molar-refractivity contribution is 7.28. The van der Waals surface area contributed by atoms with Gasteiger partial charge in [0.25, 0.3) is 0 Å². The Morgan fingerprint density at radius 2 is 1.85 bits per heavy atom. The summed E-state index contributed by atoms with van der Waals surface area (Å²) in [5, 5.41) is 2.04. The Morgan fingerprint density at radius 1 is 1.00 bits per heavy atom. The van der Waals surface area contributed by atoms with E-state index in [0.717, 1.165) is 14.3 Å². The first-order valence-corrected chi connectivity index (χ1v) is 7.92. The van der Waals surface area contributed by atoms with Crippen LogP contribution in [0.1, 0.15) is 15.2 Å². The van der Waals surface area contributed by atoms with Gasteiger partial charge in [0.2, 0.25) is 5.78 Å². The summed E-state index contributed by atoms with van der Waals surface area (Å²) in [5.74, 6) is 1.40. The molecule has 2 aromatic heterocycles. The van der Waals surface area contributed by atoms with Gasteiger partial charge in [0.1, 0.15) is 13.2 Å². The third kappa shape index (κ3) is 1.90. The van der Waals surface area contributed by atoms with Gasteiger partial charge in [0.15, 0.2) is 11.5 Å². The molecule has 0 aliphatic carbocycles. The molecule has 20 heavy (non-hydrogen) atoms. The monoisotopic (exact) mass is 302 g/mol. The Hall–Kier alpha value is -1.85. The number of thiophene rings is 2. The predicted molar refractivity (Wildman–Crippen MR) is 80.6 cm³/mol. The fourth-order valence-corrected chi connectivity index (χ4v) is 4.28. The van der Waals surface area contributed by atoms with E-state index in [4.69, 9.17) is 9.47 Å². The number of carbonyl (C=O) groups excluding carboxylic acids is 1. The first-order valence-electron chi connectivity index (χ1n) is 6.23. The van der Waals surface area contributed by atoms with Crippen LogP contribution in [-0.2, 0) is 0 Å². The van der Waals surface area contributed by atoms with E-state index in [1.165, 1.54) is 11.3 Å². The van der Waals surface area contributed by atoms with Crippen LogP contribution in [0.15, 0.2) is 35.7 Å². The van der Waals surface area contributed by atoms with Crippen LogP contribution in [0, 0.1) is 0 Å². The lowest BCUT2D eigenvalue weighted by molar-refractivity contribution is 0.104. The third-order valence-electron chi connectivity index (χ3n) is 3.17. The summed E-state index contributed by atoms with van der Waals surface area (Å²) in [7, 11) is 0. The zero-order valence-corrected chi connectivity index (χ0v) is 12.1. The molecular weight excluding hydrogens is 292 g/mol. The summed E-state index contributed by atoms with van der Waals surface area (Å²) in [6.07, 6.45) is 0. The molecule has 0 spiro atoms. The van der Waals surface area contributed by atoms with Crippen LogP contribution in [0.2, 0.25) is 0 Å². The van der Waals surface area contributed by atoms with Crippen LogP contribution in [0.25, 0.3) is 9.40 Å². The second-order valence-corrected chi connectivity index (χ2v) is 6.48. The van der Waals surface area contributed by atoms with E-state index < -0.39 is 0 Å². The number of hydrogen-bond donors (Lipinski definition) is 0. The second-order valence-electron chi connectivity index (χ2n) is 4.45. The molecule has 0 atom stereocenters. The molecule has 0 bridgehead atoms. The van der Waals surface area contributed by atoms with E-state index in [9.17, 15) is 4.79 Å². The number of fused-ring (bicyclic) bond motifs is 2. The van der Waals surface area contributed by atoms with E-state index in [-0.39, 0.29) is 5.78 Å². The lowest BCUT2D eigenvalue weighted by atomic mass is 10.1. The summed E-state index contributed by atoms with van der Waals surface area (Å²) in [5.41, 5.74) is 0.642. The number of benzene rings is 1. The molecule has 3 heterocycles. The summed E-state index contributed by atoms with van der Waals surface area (Å²) in [6.45, 7) is 1.08. The van der Waals surface area contributed by atoms with Crippen molar-refractivity contribution < 1.29 is 14.3 Å². The minimum absolute atomic E-state index is 0.0374. The molecule has 0 radical (unpaired) electrons. The zero-order valence-electron chi connectivity index (χ0n) is 10.4. The fraction of sp³-hybridized carbons (Fsp3) is 0.133. The first kappa shape index (κ1) is 11.9. The van der Waals surface area contributed by atoms with Gasteiger partial charge in [-0.05, 0) is 35.7 Å². The van der Waals surface area contributed by atoms with E-state index in [2.05, 4.69) is 0 Å². The zero-order chi connectivity index (χ0) is 13.5. The highest BCUT2D eigenvalue weighted by Gasteiger charge is 2.17. The molecule has 0 saturated carbocycles. The maximum atomic E-state index is 12.5. The van der Waals surface area contributed by atoms with Crippen molar-refractivity contribution in [1.82, 2.24) is 0 Å². The van der Waals surface area contributed by atoms with Crippen molar-refractivity contribution in [3.63, 3.8) is 0 Å². The van der Waals surface area contributed by atoms with Crippen LogP contribution < -0.4 is 9.47 Å². The molecule has 0 saturated heterocycles. The van der Waals surface area contributed by atoms with Crippen molar-refractivity contribution in [3.05, 3.63) is 46.2 Å². The molecule has 0 amide bonds. The molecular formula is C15H10O3S2. The SMILES string of the molecule is O=C(c1ccc2c(c1)OCCO2)c1cc2sccc2s1. The fourth-order valence-electron chi connectivity index (χ4n) is 2.20. The molecule has 1 aliphatic heterocycles. The summed E-state index contributed by atoms with van der Waals surface area (Å²) in [4.78, 5) is 13.3. The van der Waals surface area contributed by atoms with Crippen molar-refractivity contribution >= 4 is 37.9 Å². The lowest BCUT2D eigenvalue weighted by Crippen LogP contribution is -2.15. The van der Waals surface area contributed by atoms with Gasteiger partial charge < -0.3 is 9.47 Å². The number of ketones is 1. The third-order valence-corrected chi connectivity index (χ3v) is 5.26. The first-order chi connectivity index (χ1) is 9.81. The van der Waals surface area contributed by atoms with Crippen LogP contribution in [0.3, 0.4) is 0 Å². The standard InChI is InChI=1S/C15H10O3S2/c16-15(14-8-13-12(20-14)3-6-19-13)9-1-2-10-11(7-9)18-5-4-17-10/h1-3,6-8H,4-5H2. The van der Waals surface area contributed by atoms with Crippen molar-refractivity contribution in [2.75, 3.05) is 13.2 Å². The molecule has 0 unspecified atom stereocenters. The van der Waals surface area contributed by atoms with Crippen molar-refractivity contribution in [2.24, 2.45) is 0 Å². The lowest BCUT2D eigenvalue weighted by Gasteiger charge is -2.18. The summed E-state index contributed by atoms with van der Waals surface area (Å²) < 4.78 is 13.3. The molecule has 3 nitrogen and oxygen atoms in total. The molecule has 5 heteroatoms. The second kappa shape index (κ2) is 4.61. The molecule has 1 aliphatic rings. The van der Waals surface area contributed by atoms with Gasteiger partial charge in [-0.25, -0.2) is 0 Å². The molecule has 3 aromatic rings. The number of ether oxygens (including phenoxy) is 2. The van der Waals surface area contributed by atoms with Gasteiger partial charge in [-0.1, -0.05) is 0 Å². The topological polar surface area (TPSA) is 35.5 Å². The average Bonchev–Trinajstić information content (AvgIpc) is 3.07. The minimum atomic E-state index is 0.0374. The van der Waals surface area contributed by atoms with Gasteiger partial charge in [0.05, 0.1) is 4.88 Å². The van der Waals surface area contributed by atoms with E-state index in [0.29, 0.717) is 30.3 Å². The van der Waals surface area contributed by atoms with Gasteiger partial charge >= 0.3 is 0 Å². The quantitative estimate of drug-likeness (QED) is 0.672. The Balaban J connectivity index is 1.72. The van der Waals surface area contributed by atoms with Crippen LogP contribution >= 0.6 is 22.7 Å². The number of carbonyl (C=O) groups is 1. The summed E-state index contributed by atoms with van der Waals surface area (Å²) in [6, 6.07) is 9.38. The normalized spacial score (nSPS) is 13.6. The molecule has 4 rings (SSSR count). The Morgan fingerprint density at radius 3 is 2.70 bits per heavy atom. The molecule has 0 fully saturated rings. The molecule has 100 valence electrons. The minimum Gasteiger partial charge on any atom is -0.486 e. The Labute approximate surface area is 123 Å². The van der Waals surface area contributed by atoms with Crippen LogP contribution in [-0.4, -0.2) is 19.0 Å². The highest BCUT2D eigenvalue weighted by Crippen LogP contribution is 2.34. The Bertz CT molecular complexity index is 772. The Kier molecular flexibility index (Phi) is 2.75. The van der Waals surface area contributed by atoms with Gasteiger partial charge in [-0.15, -0.1) is 22.7 Å². The van der Waals surface area contributed by atoms with Crippen molar-refractivity contribution in [3.8, 4) is 11.5 Å². The van der Waals surface area contributed by atoms with Crippen LogP contribution in [0.4, 0.5) is 0 Å². The van der Waals surface area contributed by atoms with E-state index >= 15 is 0 Å². The average molecular weight is 302 g/mol. The van der Waals surface area contributed by atoms with Crippen LogP contribution in [0.5, 0.6) is 11.5 Å². The molecule has 1 aromatic carbocycles. The van der Waals surface area contributed by atoms with Gasteiger partial charge in [0, 0.05) is 15.0 Å². The number of rotatable bonds is 2. The maximum absolute atomic E-state index is 12.5. The van der Waals surface area contributed by atoms with Gasteiger partial charge in [-0.3, -0.25) is 4.79 Å². The number of hydrogen-bond acceptors (Lipinski definition) is 5. The largest absolute Gasteiger partial charge is 0.486 e. The van der Waals surface area contributed by atoms with E-state index in [1.807, 2.05) is 17.5 Å². The predicted octanol–water partition coefficient (Wildman–Crippen LogP) is 3.97. The van der Waals surface area contributed by atoms with Crippen molar-refractivity contribution in [1.29, 1.82) is 0 Å². The van der Waals surface area contributed by atoms with Crippen molar-refractivity contribution in [2.45, 2.75) is 0 Å².